The number of hydrogen-bond donors (Lipinski definition) is 2. The molecule has 0 radical (unpaired) electrons. The van der Waals surface area contributed by atoms with Crippen LogP contribution in [0.5, 0.6) is 0 Å². The van der Waals surface area contributed by atoms with Gasteiger partial charge in [-0.2, -0.15) is 0 Å². The van der Waals surface area contributed by atoms with Crippen LogP contribution in [0.25, 0.3) is 10.9 Å². The van der Waals surface area contributed by atoms with E-state index < -0.39 is 0 Å². The zero-order valence-electron chi connectivity index (χ0n) is 14.0. The van der Waals surface area contributed by atoms with E-state index in [0.29, 0.717) is 19.0 Å². The number of aliphatic hydroxyl groups is 1. The van der Waals surface area contributed by atoms with Crippen LogP contribution in [0.3, 0.4) is 0 Å². The van der Waals surface area contributed by atoms with Crippen LogP contribution in [0.2, 0.25) is 0 Å². The van der Waals surface area contributed by atoms with E-state index in [1.807, 2.05) is 11.0 Å². The fourth-order valence-corrected chi connectivity index (χ4v) is 4.11. The number of fused-ring (bicyclic) bond motifs is 3. The van der Waals surface area contributed by atoms with E-state index in [1.165, 1.54) is 22.2 Å². The van der Waals surface area contributed by atoms with E-state index in [1.54, 1.807) is 0 Å². The molecule has 128 valence electrons. The number of benzene rings is 1. The average Bonchev–Trinajstić information content (AvgIpc) is 2.99. The standard InChI is InChI=1S/C19H25N3O2/c23-13-14-4-3-8-21(10-14)12-19(24)22-9-7-18-16(11-22)15-5-1-2-6-17(15)20-18/h1-2,5-6,14,20,23H,3-4,7-13H2. The molecule has 2 N–H and O–H groups in total. The van der Waals surface area contributed by atoms with Crippen LogP contribution in [0.4, 0.5) is 0 Å². The summed E-state index contributed by atoms with van der Waals surface area (Å²) in [7, 11) is 0. The number of rotatable bonds is 3. The smallest absolute Gasteiger partial charge is 0.237 e. The van der Waals surface area contributed by atoms with Gasteiger partial charge in [0.15, 0.2) is 0 Å². The summed E-state index contributed by atoms with van der Waals surface area (Å²) in [5, 5.41) is 10.6. The van der Waals surface area contributed by atoms with Crippen LogP contribution < -0.4 is 0 Å². The number of aromatic nitrogens is 1. The Morgan fingerprint density at radius 2 is 2.17 bits per heavy atom. The largest absolute Gasteiger partial charge is 0.396 e. The third-order valence-corrected chi connectivity index (χ3v) is 5.46. The molecule has 0 saturated carbocycles. The number of amides is 1. The summed E-state index contributed by atoms with van der Waals surface area (Å²) in [6.45, 7) is 4.01. The Balaban J connectivity index is 1.45. The highest BCUT2D eigenvalue weighted by molar-refractivity contribution is 5.86. The first-order valence-corrected chi connectivity index (χ1v) is 8.94. The minimum Gasteiger partial charge on any atom is -0.396 e. The first-order valence-electron chi connectivity index (χ1n) is 8.94. The number of hydrogen-bond acceptors (Lipinski definition) is 3. The van der Waals surface area contributed by atoms with E-state index in [0.717, 1.165) is 38.9 Å². The number of carbonyl (C=O) groups excluding carboxylic acids is 1. The molecule has 1 atom stereocenters. The predicted octanol–water partition coefficient (Wildman–Crippen LogP) is 1.76. The second-order valence-electron chi connectivity index (χ2n) is 7.12. The Morgan fingerprint density at radius 3 is 3.04 bits per heavy atom. The Bertz CT molecular complexity index is 739. The fraction of sp³-hybridized carbons (Fsp3) is 0.526. The second kappa shape index (κ2) is 6.57. The molecular formula is C19H25N3O2. The molecule has 1 aromatic heterocycles. The molecule has 3 heterocycles. The molecule has 24 heavy (non-hydrogen) atoms. The maximum absolute atomic E-state index is 12.7. The highest BCUT2D eigenvalue weighted by atomic mass is 16.3. The van der Waals surface area contributed by atoms with Gasteiger partial charge in [0.1, 0.15) is 0 Å². The Morgan fingerprint density at radius 1 is 1.29 bits per heavy atom. The summed E-state index contributed by atoms with van der Waals surface area (Å²) < 4.78 is 0. The van der Waals surface area contributed by atoms with Crippen molar-refractivity contribution in [1.82, 2.24) is 14.8 Å². The molecule has 1 fully saturated rings. The fourth-order valence-electron chi connectivity index (χ4n) is 4.11. The van der Waals surface area contributed by atoms with Crippen LogP contribution in [0.1, 0.15) is 24.1 Å². The molecule has 5 heteroatoms. The van der Waals surface area contributed by atoms with Crippen molar-refractivity contribution in [2.45, 2.75) is 25.8 Å². The zero-order chi connectivity index (χ0) is 16.5. The molecule has 1 saturated heterocycles. The van der Waals surface area contributed by atoms with Gasteiger partial charge >= 0.3 is 0 Å². The third-order valence-electron chi connectivity index (χ3n) is 5.46. The summed E-state index contributed by atoms with van der Waals surface area (Å²) in [4.78, 5) is 20.4. The van der Waals surface area contributed by atoms with E-state index in [4.69, 9.17) is 0 Å². The second-order valence-corrected chi connectivity index (χ2v) is 7.12. The van der Waals surface area contributed by atoms with Crippen molar-refractivity contribution in [2.75, 3.05) is 32.8 Å². The number of nitrogens with zero attached hydrogens (tertiary/aromatic N) is 2. The van der Waals surface area contributed by atoms with Crippen molar-refractivity contribution in [3.63, 3.8) is 0 Å². The minimum absolute atomic E-state index is 0.213. The summed E-state index contributed by atoms with van der Waals surface area (Å²) in [6.07, 6.45) is 3.05. The van der Waals surface area contributed by atoms with E-state index in [-0.39, 0.29) is 12.5 Å². The molecule has 0 spiro atoms. The number of aromatic amines is 1. The highest BCUT2D eigenvalue weighted by Crippen LogP contribution is 2.27. The minimum atomic E-state index is 0.213. The molecule has 5 nitrogen and oxygen atoms in total. The van der Waals surface area contributed by atoms with Gasteiger partial charge in [0.2, 0.25) is 5.91 Å². The van der Waals surface area contributed by atoms with Gasteiger partial charge in [-0.25, -0.2) is 0 Å². The number of H-pyrrole nitrogens is 1. The molecule has 2 aromatic rings. The predicted molar refractivity (Wildman–Crippen MR) is 93.7 cm³/mol. The number of aliphatic hydroxyl groups excluding tert-OH is 1. The normalized spacial score (nSPS) is 21.9. The number of likely N-dealkylation sites (tertiary alicyclic amines) is 1. The monoisotopic (exact) mass is 327 g/mol. The first-order chi connectivity index (χ1) is 11.7. The molecule has 0 bridgehead atoms. The molecule has 0 aliphatic carbocycles. The van der Waals surface area contributed by atoms with Crippen molar-refractivity contribution in [1.29, 1.82) is 0 Å². The van der Waals surface area contributed by atoms with Gasteiger partial charge in [0.05, 0.1) is 6.54 Å². The van der Waals surface area contributed by atoms with Gasteiger partial charge in [-0.1, -0.05) is 18.2 Å². The maximum Gasteiger partial charge on any atom is 0.237 e. The van der Waals surface area contributed by atoms with Crippen LogP contribution in [0, 0.1) is 5.92 Å². The van der Waals surface area contributed by atoms with Gasteiger partial charge < -0.3 is 15.0 Å². The quantitative estimate of drug-likeness (QED) is 0.903. The van der Waals surface area contributed by atoms with Crippen molar-refractivity contribution >= 4 is 16.8 Å². The average molecular weight is 327 g/mol. The van der Waals surface area contributed by atoms with Crippen LogP contribution in [-0.4, -0.2) is 58.6 Å². The molecule has 1 aromatic carbocycles. The lowest BCUT2D eigenvalue weighted by molar-refractivity contribution is -0.133. The Hall–Kier alpha value is -1.85. The van der Waals surface area contributed by atoms with Crippen LogP contribution >= 0.6 is 0 Å². The van der Waals surface area contributed by atoms with Gasteiger partial charge in [-0.3, -0.25) is 9.69 Å². The van der Waals surface area contributed by atoms with Gasteiger partial charge in [0, 0.05) is 54.8 Å². The van der Waals surface area contributed by atoms with Crippen LogP contribution in [0.15, 0.2) is 24.3 Å². The Labute approximate surface area is 142 Å². The lowest BCUT2D eigenvalue weighted by atomic mass is 9.99. The topological polar surface area (TPSA) is 59.6 Å². The number of para-hydroxylation sites is 1. The van der Waals surface area contributed by atoms with Gasteiger partial charge in [-0.15, -0.1) is 0 Å². The molecule has 4 rings (SSSR count). The van der Waals surface area contributed by atoms with Crippen molar-refractivity contribution in [3.8, 4) is 0 Å². The van der Waals surface area contributed by atoms with Gasteiger partial charge in [0.25, 0.3) is 0 Å². The van der Waals surface area contributed by atoms with E-state index in [9.17, 15) is 9.90 Å². The summed E-state index contributed by atoms with van der Waals surface area (Å²) in [5.41, 5.74) is 3.72. The number of carbonyl (C=O) groups is 1. The summed E-state index contributed by atoms with van der Waals surface area (Å²) in [5.74, 6) is 0.539. The molecule has 2 aliphatic rings. The highest BCUT2D eigenvalue weighted by Gasteiger charge is 2.27. The molecule has 1 amide bonds. The Kier molecular flexibility index (Phi) is 4.29. The molecular weight excluding hydrogens is 302 g/mol. The summed E-state index contributed by atoms with van der Waals surface area (Å²) >= 11 is 0. The van der Waals surface area contributed by atoms with Crippen molar-refractivity contribution < 1.29 is 9.90 Å². The number of piperidine rings is 1. The van der Waals surface area contributed by atoms with E-state index >= 15 is 0 Å². The van der Waals surface area contributed by atoms with Gasteiger partial charge in [-0.05, 0) is 31.4 Å². The third kappa shape index (κ3) is 2.94. The van der Waals surface area contributed by atoms with Crippen LogP contribution in [-0.2, 0) is 17.8 Å². The lowest BCUT2D eigenvalue weighted by Crippen LogP contribution is -2.46. The maximum atomic E-state index is 12.7. The number of nitrogens with one attached hydrogen (secondary N) is 1. The van der Waals surface area contributed by atoms with Crippen molar-refractivity contribution in [2.24, 2.45) is 5.92 Å². The lowest BCUT2D eigenvalue weighted by Gasteiger charge is -2.34. The first kappa shape index (κ1) is 15.7. The van der Waals surface area contributed by atoms with Crippen molar-refractivity contribution in [3.05, 3.63) is 35.5 Å². The zero-order valence-corrected chi connectivity index (χ0v) is 14.0. The molecule has 2 aliphatic heterocycles. The molecule has 1 unspecified atom stereocenters. The summed E-state index contributed by atoms with van der Waals surface area (Å²) in [6, 6.07) is 8.33. The SMILES string of the molecule is O=C(CN1CCCC(CO)C1)N1CCc2[nH]c3ccccc3c2C1. The van der Waals surface area contributed by atoms with E-state index in [2.05, 4.69) is 28.1 Å².